The predicted octanol–water partition coefficient (Wildman–Crippen LogP) is 3.03. The van der Waals surface area contributed by atoms with Gasteiger partial charge >= 0.3 is 0 Å². The van der Waals surface area contributed by atoms with E-state index in [9.17, 15) is 4.79 Å². The van der Waals surface area contributed by atoms with Gasteiger partial charge in [0, 0.05) is 25.7 Å². The number of likely N-dealkylation sites (N-methyl/N-ethyl adjacent to an activating group) is 1. The van der Waals surface area contributed by atoms with Crippen molar-refractivity contribution in [2.24, 2.45) is 4.99 Å². The summed E-state index contributed by atoms with van der Waals surface area (Å²) in [5.74, 6) is 1.73. The summed E-state index contributed by atoms with van der Waals surface area (Å²) in [5, 5.41) is 9.20. The summed E-state index contributed by atoms with van der Waals surface area (Å²) in [6, 6.07) is 15.6. The van der Waals surface area contributed by atoms with Crippen LogP contribution in [-0.4, -0.2) is 37.1 Å². The van der Waals surface area contributed by atoms with Crippen molar-refractivity contribution in [3.8, 4) is 17.2 Å². The number of benzene rings is 2. The van der Waals surface area contributed by atoms with Gasteiger partial charge in [-0.05, 0) is 43.7 Å². The predicted molar refractivity (Wildman–Crippen MR) is 124 cm³/mol. The van der Waals surface area contributed by atoms with Crippen LogP contribution >= 0.6 is 0 Å². The standard InChI is InChI=1S/C24H29N5O3/c1-4-26-22(30)16-31-21-7-5-6-18(12-21)13-27-24(25-3)28-14-20-15-32-23(29-20)19-10-8-17(2)9-11-19/h5-12,15H,4,13-14,16H2,1-3H3,(H,26,30)(H2,25,27,28). The Morgan fingerprint density at radius 3 is 2.62 bits per heavy atom. The van der Waals surface area contributed by atoms with Gasteiger partial charge in [-0.25, -0.2) is 4.98 Å². The Labute approximate surface area is 188 Å². The lowest BCUT2D eigenvalue weighted by Crippen LogP contribution is -2.36. The fraction of sp³-hybridized carbons (Fsp3) is 0.292. The maximum absolute atomic E-state index is 11.6. The fourth-order valence-corrected chi connectivity index (χ4v) is 2.94. The highest BCUT2D eigenvalue weighted by Crippen LogP contribution is 2.19. The van der Waals surface area contributed by atoms with Gasteiger partial charge in [-0.3, -0.25) is 9.79 Å². The minimum Gasteiger partial charge on any atom is -0.484 e. The number of aryl methyl sites for hydroxylation is 1. The number of aliphatic imine (C=N–C) groups is 1. The summed E-state index contributed by atoms with van der Waals surface area (Å²) in [6.07, 6.45) is 1.64. The molecule has 32 heavy (non-hydrogen) atoms. The second kappa shape index (κ2) is 11.5. The molecule has 0 saturated carbocycles. The first-order valence-corrected chi connectivity index (χ1v) is 10.5. The maximum atomic E-state index is 11.6. The van der Waals surface area contributed by atoms with Crippen LogP contribution in [0.1, 0.15) is 23.7 Å². The molecule has 0 saturated heterocycles. The average molecular weight is 436 g/mol. The van der Waals surface area contributed by atoms with Crippen LogP contribution in [0.25, 0.3) is 11.5 Å². The normalized spacial score (nSPS) is 11.2. The molecule has 8 nitrogen and oxygen atoms in total. The van der Waals surface area contributed by atoms with Crippen molar-refractivity contribution in [2.45, 2.75) is 26.9 Å². The van der Waals surface area contributed by atoms with Crippen LogP contribution in [0, 0.1) is 6.92 Å². The Morgan fingerprint density at radius 1 is 1.09 bits per heavy atom. The highest BCUT2D eigenvalue weighted by molar-refractivity contribution is 5.79. The summed E-state index contributed by atoms with van der Waals surface area (Å²) in [7, 11) is 1.71. The summed E-state index contributed by atoms with van der Waals surface area (Å²) in [6.45, 7) is 5.52. The lowest BCUT2D eigenvalue weighted by atomic mass is 10.1. The quantitative estimate of drug-likeness (QED) is 0.353. The van der Waals surface area contributed by atoms with E-state index in [2.05, 4.69) is 25.9 Å². The van der Waals surface area contributed by atoms with Gasteiger partial charge in [0.2, 0.25) is 5.89 Å². The number of aromatic nitrogens is 1. The SMILES string of the molecule is CCNC(=O)COc1cccc(CNC(=NC)NCc2coc(-c3ccc(C)cc3)n2)c1. The van der Waals surface area contributed by atoms with Gasteiger partial charge in [-0.1, -0.05) is 29.8 Å². The minimum absolute atomic E-state index is 0.00375. The third kappa shape index (κ3) is 6.87. The van der Waals surface area contributed by atoms with Crippen molar-refractivity contribution in [2.75, 3.05) is 20.2 Å². The van der Waals surface area contributed by atoms with Crippen molar-refractivity contribution in [3.63, 3.8) is 0 Å². The minimum atomic E-state index is -0.140. The van der Waals surface area contributed by atoms with Crippen LogP contribution in [0.2, 0.25) is 0 Å². The zero-order valence-electron chi connectivity index (χ0n) is 18.6. The van der Waals surface area contributed by atoms with Crippen molar-refractivity contribution in [3.05, 3.63) is 71.6 Å². The van der Waals surface area contributed by atoms with Crippen molar-refractivity contribution < 1.29 is 13.9 Å². The van der Waals surface area contributed by atoms with E-state index in [1.165, 1.54) is 5.56 Å². The average Bonchev–Trinajstić information content (AvgIpc) is 3.28. The molecule has 0 unspecified atom stereocenters. The number of nitrogens with one attached hydrogen (secondary N) is 3. The van der Waals surface area contributed by atoms with E-state index in [0.29, 0.717) is 37.2 Å². The van der Waals surface area contributed by atoms with Crippen molar-refractivity contribution in [1.29, 1.82) is 0 Å². The number of guanidine groups is 1. The van der Waals surface area contributed by atoms with E-state index in [1.54, 1.807) is 13.3 Å². The lowest BCUT2D eigenvalue weighted by molar-refractivity contribution is -0.122. The van der Waals surface area contributed by atoms with E-state index in [4.69, 9.17) is 9.15 Å². The highest BCUT2D eigenvalue weighted by atomic mass is 16.5. The molecule has 0 aliphatic carbocycles. The van der Waals surface area contributed by atoms with E-state index >= 15 is 0 Å². The molecule has 0 aliphatic rings. The zero-order valence-corrected chi connectivity index (χ0v) is 18.6. The molecule has 168 valence electrons. The Balaban J connectivity index is 1.49. The maximum Gasteiger partial charge on any atom is 0.257 e. The van der Waals surface area contributed by atoms with Crippen LogP contribution < -0.4 is 20.7 Å². The molecule has 1 aromatic heterocycles. The molecule has 0 aliphatic heterocycles. The van der Waals surface area contributed by atoms with Gasteiger partial charge < -0.3 is 25.1 Å². The third-order valence-corrected chi connectivity index (χ3v) is 4.61. The Bertz CT molecular complexity index is 1040. The number of rotatable bonds is 9. The van der Waals surface area contributed by atoms with Crippen LogP contribution in [0.3, 0.4) is 0 Å². The first-order chi connectivity index (χ1) is 15.6. The van der Waals surface area contributed by atoms with E-state index in [-0.39, 0.29) is 12.5 Å². The van der Waals surface area contributed by atoms with Crippen LogP contribution in [-0.2, 0) is 17.9 Å². The summed E-state index contributed by atoms with van der Waals surface area (Å²) in [5.41, 5.74) is 3.92. The van der Waals surface area contributed by atoms with Gasteiger partial charge in [-0.15, -0.1) is 0 Å². The Hall–Kier alpha value is -3.81. The molecular weight excluding hydrogens is 406 g/mol. The van der Waals surface area contributed by atoms with Crippen LogP contribution in [0.4, 0.5) is 0 Å². The molecule has 8 heteroatoms. The largest absolute Gasteiger partial charge is 0.484 e. The fourth-order valence-electron chi connectivity index (χ4n) is 2.94. The zero-order chi connectivity index (χ0) is 22.8. The van der Waals surface area contributed by atoms with Crippen molar-refractivity contribution >= 4 is 11.9 Å². The molecule has 0 fully saturated rings. The molecule has 1 amide bonds. The first kappa shape index (κ1) is 22.9. The van der Waals surface area contributed by atoms with Gasteiger partial charge in [0.05, 0.1) is 12.2 Å². The molecule has 3 aromatic rings. The molecule has 0 bridgehead atoms. The third-order valence-electron chi connectivity index (χ3n) is 4.61. The molecule has 2 aromatic carbocycles. The van der Waals surface area contributed by atoms with Gasteiger partial charge in [0.15, 0.2) is 12.6 Å². The number of carbonyl (C=O) groups excluding carboxylic acids is 1. The molecule has 0 radical (unpaired) electrons. The molecule has 3 N–H and O–H groups in total. The van der Waals surface area contributed by atoms with E-state index in [0.717, 1.165) is 16.8 Å². The van der Waals surface area contributed by atoms with Gasteiger partial charge in [0.25, 0.3) is 5.91 Å². The summed E-state index contributed by atoms with van der Waals surface area (Å²) >= 11 is 0. The Kier molecular flexibility index (Phi) is 8.25. The van der Waals surface area contributed by atoms with E-state index in [1.807, 2.05) is 62.4 Å². The first-order valence-electron chi connectivity index (χ1n) is 10.5. The van der Waals surface area contributed by atoms with Gasteiger partial charge in [0.1, 0.15) is 12.0 Å². The number of carbonyl (C=O) groups is 1. The molecule has 0 spiro atoms. The second-order valence-electron chi connectivity index (χ2n) is 7.18. The highest BCUT2D eigenvalue weighted by Gasteiger charge is 2.08. The molecule has 3 rings (SSSR count). The lowest BCUT2D eigenvalue weighted by Gasteiger charge is -2.12. The summed E-state index contributed by atoms with van der Waals surface area (Å²) in [4.78, 5) is 20.3. The second-order valence-corrected chi connectivity index (χ2v) is 7.18. The van der Waals surface area contributed by atoms with Crippen molar-refractivity contribution in [1.82, 2.24) is 20.9 Å². The number of ether oxygens (including phenoxy) is 1. The van der Waals surface area contributed by atoms with Crippen LogP contribution in [0.15, 0.2) is 64.2 Å². The molecule has 0 atom stereocenters. The van der Waals surface area contributed by atoms with E-state index < -0.39 is 0 Å². The molecular formula is C24H29N5O3. The number of nitrogens with zero attached hydrogens (tertiary/aromatic N) is 2. The number of amides is 1. The topological polar surface area (TPSA) is 101 Å². The summed E-state index contributed by atoms with van der Waals surface area (Å²) < 4.78 is 11.1. The Morgan fingerprint density at radius 2 is 1.88 bits per heavy atom. The smallest absolute Gasteiger partial charge is 0.257 e. The van der Waals surface area contributed by atoms with Gasteiger partial charge in [-0.2, -0.15) is 0 Å². The number of hydrogen-bond donors (Lipinski definition) is 3. The number of hydrogen-bond acceptors (Lipinski definition) is 5. The monoisotopic (exact) mass is 435 g/mol. The number of oxazole rings is 1. The molecule has 1 heterocycles. The van der Waals surface area contributed by atoms with Crippen LogP contribution in [0.5, 0.6) is 5.75 Å².